The Morgan fingerprint density at radius 3 is 2.95 bits per heavy atom. The number of hydrazine groups is 1. The van der Waals surface area contributed by atoms with Crippen LogP contribution < -0.4 is 11.3 Å². The first-order valence-corrected chi connectivity index (χ1v) is 8.22. The second-order valence-corrected chi connectivity index (χ2v) is 6.10. The first-order chi connectivity index (χ1) is 10.3. The minimum absolute atomic E-state index is 0.410. The van der Waals surface area contributed by atoms with Crippen molar-refractivity contribution in [2.24, 2.45) is 5.84 Å². The van der Waals surface area contributed by atoms with E-state index < -0.39 is 0 Å². The third-order valence-electron chi connectivity index (χ3n) is 3.81. The van der Waals surface area contributed by atoms with E-state index in [0.29, 0.717) is 11.9 Å². The minimum Gasteiger partial charge on any atom is -0.378 e. The van der Waals surface area contributed by atoms with Crippen molar-refractivity contribution in [2.75, 3.05) is 25.1 Å². The lowest BCUT2D eigenvalue weighted by Crippen LogP contribution is -2.37. The molecule has 0 unspecified atom stereocenters. The van der Waals surface area contributed by atoms with Crippen molar-refractivity contribution in [3.8, 4) is 0 Å². The fourth-order valence-electron chi connectivity index (χ4n) is 2.75. The van der Waals surface area contributed by atoms with Crippen LogP contribution in [0.25, 0.3) is 10.2 Å². The summed E-state index contributed by atoms with van der Waals surface area (Å²) in [6.45, 7) is 5.68. The average molecular weight is 307 g/mol. The highest BCUT2D eigenvalue weighted by atomic mass is 32.1. The molecule has 2 aromatic rings. The topological polar surface area (TPSA) is 76.3 Å². The molecule has 1 aliphatic rings. The average Bonchev–Trinajstić information content (AvgIpc) is 2.97. The Labute approximate surface area is 128 Å². The molecule has 1 fully saturated rings. The monoisotopic (exact) mass is 307 g/mol. The number of aromatic nitrogens is 2. The Kier molecular flexibility index (Phi) is 4.64. The van der Waals surface area contributed by atoms with Crippen LogP contribution in [-0.4, -0.2) is 40.7 Å². The number of piperidine rings is 1. The van der Waals surface area contributed by atoms with Crippen LogP contribution in [0.15, 0.2) is 11.4 Å². The van der Waals surface area contributed by atoms with Crippen molar-refractivity contribution in [3.63, 3.8) is 0 Å². The molecule has 3 heterocycles. The van der Waals surface area contributed by atoms with E-state index in [1.165, 1.54) is 0 Å². The Morgan fingerprint density at radius 2 is 2.24 bits per heavy atom. The van der Waals surface area contributed by atoms with Gasteiger partial charge in [-0.1, -0.05) is 0 Å². The zero-order valence-electron chi connectivity index (χ0n) is 12.2. The molecule has 2 aromatic heterocycles. The quantitative estimate of drug-likeness (QED) is 0.650. The van der Waals surface area contributed by atoms with Gasteiger partial charge in [0.15, 0.2) is 5.82 Å². The van der Waals surface area contributed by atoms with Crippen LogP contribution in [0.4, 0.5) is 5.82 Å². The molecule has 3 N–H and O–H groups in total. The normalized spacial score (nSPS) is 17.4. The van der Waals surface area contributed by atoms with Crippen molar-refractivity contribution in [1.29, 1.82) is 0 Å². The predicted molar refractivity (Wildman–Crippen MR) is 85.2 cm³/mol. The molecule has 1 aliphatic heterocycles. The maximum atomic E-state index is 5.68. The second kappa shape index (κ2) is 6.65. The van der Waals surface area contributed by atoms with E-state index in [-0.39, 0.29) is 0 Å². The number of likely N-dealkylation sites (tertiary alicyclic amines) is 1. The van der Waals surface area contributed by atoms with Crippen LogP contribution in [0.5, 0.6) is 0 Å². The summed E-state index contributed by atoms with van der Waals surface area (Å²) in [6.07, 6.45) is 2.57. The van der Waals surface area contributed by atoms with Gasteiger partial charge in [0, 0.05) is 19.7 Å². The van der Waals surface area contributed by atoms with Crippen LogP contribution in [0.2, 0.25) is 0 Å². The van der Waals surface area contributed by atoms with E-state index in [1.807, 2.05) is 11.4 Å². The molecule has 7 heteroatoms. The molecule has 114 valence electrons. The summed E-state index contributed by atoms with van der Waals surface area (Å²) in [4.78, 5) is 12.5. The van der Waals surface area contributed by atoms with Gasteiger partial charge in [-0.3, -0.25) is 4.90 Å². The molecule has 3 rings (SSSR count). The first kappa shape index (κ1) is 14.6. The highest BCUT2D eigenvalue weighted by Crippen LogP contribution is 2.25. The van der Waals surface area contributed by atoms with E-state index in [2.05, 4.69) is 27.2 Å². The molecule has 0 aromatic carbocycles. The number of nitrogen functional groups attached to an aromatic ring is 1. The standard InChI is InChI=1S/C14H21N5OS/c1-2-20-10-3-6-19(7-4-10)9-12-16-13(18-15)11-5-8-21-14(11)17-12/h5,8,10H,2-4,6-7,9,15H2,1H3,(H,16,17,18). The van der Waals surface area contributed by atoms with E-state index >= 15 is 0 Å². The number of nitrogens with two attached hydrogens (primary N) is 1. The molecular weight excluding hydrogens is 286 g/mol. The number of hydrogen-bond acceptors (Lipinski definition) is 7. The zero-order chi connectivity index (χ0) is 14.7. The van der Waals surface area contributed by atoms with Crippen LogP contribution >= 0.6 is 11.3 Å². The van der Waals surface area contributed by atoms with E-state index in [1.54, 1.807) is 11.3 Å². The second-order valence-electron chi connectivity index (χ2n) is 5.20. The van der Waals surface area contributed by atoms with Crippen molar-refractivity contribution in [3.05, 3.63) is 17.3 Å². The smallest absolute Gasteiger partial charge is 0.152 e. The molecule has 0 spiro atoms. The van der Waals surface area contributed by atoms with Crippen LogP contribution in [0.3, 0.4) is 0 Å². The highest BCUT2D eigenvalue weighted by Gasteiger charge is 2.20. The Bertz CT molecular complexity index is 594. The number of fused-ring (bicyclic) bond motifs is 1. The maximum absolute atomic E-state index is 5.68. The minimum atomic E-state index is 0.410. The summed E-state index contributed by atoms with van der Waals surface area (Å²) < 4.78 is 5.68. The first-order valence-electron chi connectivity index (χ1n) is 7.35. The Balaban J connectivity index is 1.68. The molecule has 21 heavy (non-hydrogen) atoms. The number of rotatable bonds is 5. The zero-order valence-corrected chi connectivity index (χ0v) is 13.0. The third kappa shape index (κ3) is 3.32. The lowest BCUT2D eigenvalue weighted by Gasteiger charge is -2.31. The number of hydrogen-bond donors (Lipinski definition) is 2. The lowest BCUT2D eigenvalue weighted by molar-refractivity contribution is 0.0120. The number of anilines is 1. The summed E-state index contributed by atoms with van der Waals surface area (Å²) in [7, 11) is 0. The summed E-state index contributed by atoms with van der Waals surface area (Å²) in [6, 6.07) is 1.99. The number of ether oxygens (including phenoxy) is 1. The Morgan fingerprint density at radius 1 is 1.43 bits per heavy atom. The largest absolute Gasteiger partial charge is 0.378 e. The van der Waals surface area contributed by atoms with Gasteiger partial charge in [-0.25, -0.2) is 15.8 Å². The molecule has 0 bridgehead atoms. The number of nitrogens with one attached hydrogen (secondary N) is 1. The summed E-state index contributed by atoms with van der Waals surface area (Å²) >= 11 is 1.61. The fourth-order valence-corrected chi connectivity index (χ4v) is 3.53. The van der Waals surface area contributed by atoms with Gasteiger partial charge in [0.1, 0.15) is 10.7 Å². The summed E-state index contributed by atoms with van der Waals surface area (Å²) in [5, 5.41) is 3.00. The predicted octanol–water partition coefficient (Wildman–Crippen LogP) is 1.98. The van der Waals surface area contributed by atoms with Gasteiger partial charge in [-0.2, -0.15) is 0 Å². The van der Waals surface area contributed by atoms with Crippen molar-refractivity contribution < 1.29 is 4.74 Å². The van der Waals surface area contributed by atoms with Gasteiger partial charge in [-0.15, -0.1) is 11.3 Å². The summed E-state index contributed by atoms with van der Waals surface area (Å²) in [5.41, 5.74) is 2.67. The molecule has 6 nitrogen and oxygen atoms in total. The SMILES string of the molecule is CCOC1CCN(Cc2nc(NN)c3ccsc3n2)CC1. The molecule has 0 saturated carbocycles. The number of nitrogens with zero attached hydrogens (tertiary/aromatic N) is 3. The Hall–Kier alpha value is -1.28. The van der Waals surface area contributed by atoms with Gasteiger partial charge in [0.05, 0.1) is 18.0 Å². The van der Waals surface area contributed by atoms with Gasteiger partial charge in [0.25, 0.3) is 0 Å². The van der Waals surface area contributed by atoms with Gasteiger partial charge < -0.3 is 10.2 Å². The molecule has 0 atom stereocenters. The van der Waals surface area contributed by atoms with Gasteiger partial charge in [-0.05, 0) is 31.2 Å². The van der Waals surface area contributed by atoms with Crippen LogP contribution in [-0.2, 0) is 11.3 Å². The fraction of sp³-hybridized carbons (Fsp3) is 0.571. The van der Waals surface area contributed by atoms with Crippen molar-refractivity contribution >= 4 is 27.4 Å². The van der Waals surface area contributed by atoms with Crippen molar-refractivity contribution in [2.45, 2.75) is 32.4 Å². The molecule has 0 aliphatic carbocycles. The number of thiophene rings is 1. The van der Waals surface area contributed by atoms with Crippen molar-refractivity contribution in [1.82, 2.24) is 14.9 Å². The summed E-state index contributed by atoms with van der Waals surface area (Å²) in [5.74, 6) is 7.10. The maximum Gasteiger partial charge on any atom is 0.152 e. The van der Waals surface area contributed by atoms with E-state index in [4.69, 9.17) is 10.6 Å². The lowest BCUT2D eigenvalue weighted by atomic mass is 10.1. The molecule has 0 amide bonds. The highest BCUT2D eigenvalue weighted by molar-refractivity contribution is 7.16. The van der Waals surface area contributed by atoms with Gasteiger partial charge >= 0.3 is 0 Å². The van der Waals surface area contributed by atoms with Gasteiger partial charge in [0.2, 0.25) is 0 Å². The van der Waals surface area contributed by atoms with Crippen LogP contribution in [0.1, 0.15) is 25.6 Å². The third-order valence-corrected chi connectivity index (χ3v) is 4.62. The van der Waals surface area contributed by atoms with E-state index in [9.17, 15) is 0 Å². The molecule has 1 saturated heterocycles. The molecular formula is C14H21N5OS. The van der Waals surface area contributed by atoms with Crippen LogP contribution in [0, 0.1) is 0 Å². The molecule has 0 radical (unpaired) electrons. The van der Waals surface area contributed by atoms with E-state index in [0.717, 1.165) is 55.1 Å².